The minimum absolute atomic E-state index is 0.0466. The Hall–Kier alpha value is -3.04. The van der Waals surface area contributed by atoms with E-state index in [-0.39, 0.29) is 18.0 Å². The highest BCUT2D eigenvalue weighted by molar-refractivity contribution is 7.89. The molecule has 3 aromatic rings. The lowest BCUT2D eigenvalue weighted by Crippen LogP contribution is -2.24. The summed E-state index contributed by atoms with van der Waals surface area (Å²) in [5.74, 6) is 0.0523. The Morgan fingerprint density at radius 1 is 1.15 bits per heavy atom. The molecule has 0 bridgehead atoms. The number of ether oxygens (including phenoxy) is 1. The molecule has 0 saturated heterocycles. The molecular weight excluding hydrogens is 368 g/mol. The van der Waals surface area contributed by atoms with Crippen molar-refractivity contribution in [3.05, 3.63) is 72.2 Å². The van der Waals surface area contributed by atoms with Crippen LogP contribution < -0.4 is 4.72 Å². The van der Waals surface area contributed by atoms with Crippen LogP contribution in [0.15, 0.2) is 66.0 Å². The zero-order chi connectivity index (χ0) is 19.3. The summed E-state index contributed by atoms with van der Waals surface area (Å²) in [6, 6.07) is 10.8. The molecule has 27 heavy (non-hydrogen) atoms. The molecule has 0 unspecified atom stereocenters. The molecule has 1 N–H and O–H groups in total. The number of carbonyl (C=O) groups is 1. The highest BCUT2D eigenvalue weighted by atomic mass is 32.2. The molecular formula is C18H18N4O4S. The summed E-state index contributed by atoms with van der Waals surface area (Å²) in [6.07, 6.45) is 4.96. The second kappa shape index (κ2) is 8.11. The summed E-state index contributed by atoms with van der Waals surface area (Å²) in [4.78, 5) is 16.0. The van der Waals surface area contributed by atoms with E-state index in [1.165, 1.54) is 24.3 Å². The lowest BCUT2D eigenvalue weighted by molar-refractivity contribution is 0.0526. The van der Waals surface area contributed by atoms with E-state index in [9.17, 15) is 13.2 Å². The van der Waals surface area contributed by atoms with Crippen LogP contribution in [0.3, 0.4) is 0 Å². The molecule has 0 aliphatic carbocycles. The molecule has 1 aromatic carbocycles. The molecule has 0 amide bonds. The number of aromatic nitrogens is 3. The van der Waals surface area contributed by atoms with E-state index >= 15 is 0 Å². The van der Waals surface area contributed by atoms with Gasteiger partial charge in [-0.25, -0.2) is 27.6 Å². The van der Waals surface area contributed by atoms with Crippen LogP contribution in [0.1, 0.15) is 22.8 Å². The number of hydrogen-bond donors (Lipinski definition) is 1. The van der Waals surface area contributed by atoms with E-state index in [4.69, 9.17) is 4.74 Å². The number of benzene rings is 1. The van der Waals surface area contributed by atoms with Gasteiger partial charge in [0, 0.05) is 30.7 Å². The van der Waals surface area contributed by atoms with Crippen LogP contribution in [-0.2, 0) is 21.3 Å². The summed E-state index contributed by atoms with van der Waals surface area (Å²) in [7, 11) is -3.76. The van der Waals surface area contributed by atoms with Gasteiger partial charge < -0.3 is 4.74 Å². The first-order chi connectivity index (χ1) is 13.0. The number of pyridine rings is 1. The van der Waals surface area contributed by atoms with Gasteiger partial charge >= 0.3 is 5.97 Å². The predicted molar refractivity (Wildman–Crippen MR) is 97.8 cm³/mol. The third-order valence-corrected chi connectivity index (χ3v) is 5.13. The lowest BCUT2D eigenvalue weighted by Gasteiger charge is -2.10. The van der Waals surface area contributed by atoms with E-state index in [1.54, 1.807) is 48.4 Å². The van der Waals surface area contributed by atoms with Crippen molar-refractivity contribution in [3.63, 3.8) is 0 Å². The molecule has 2 aromatic heterocycles. The van der Waals surface area contributed by atoms with Crippen molar-refractivity contribution in [1.82, 2.24) is 19.5 Å². The van der Waals surface area contributed by atoms with Crippen molar-refractivity contribution in [3.8, 4) is 5.82 Å². The van der Waals surface area contributed by atoms with Crippen molar-refractivity contribution >= 4 is 16.0 Å². The Bertz CT molecular complexity index is 1020. The third kappa shape index (κ3) is 4.39. The Balaban J connectivity index is 1.75. The highest BCUT2D eigenvalue weighted by Crippen LogP contribution is 2.14. The number of nitrogens with one attached hydrogen (secondary N) is 1. The van der Waals surface area contributed by atoms with E-state index in [0.717, 1.165) is 0 Å². The van der Waals surface area contributed by atoms with Gasteiger partial charge in [0.25, 0.3) is 0 Å². The molecule has 0 fully saturated rings. The second-order valence-corrected chi connectivity index (χ2v) is 7.27. The lowest BCUT2D eigenvalue weighted by atomic mass is 10.2. The molecule has 140 valence electrons. The molecule has 0 saturated carbocycles. The molecule has 0 aliphatic rings. The number of nitrogens with zero attached hydrogens (tertiary/aromatic N) is 3. The van der Waals surface area contributed by atoms with Crippen molar-refractivity contribution in [2.24, 2.45) is 0 Å². The third-order valence-electron chi connectivity index (χ3n) is 3.72. The van der Waals surface area contributed by atoms with Gasteiger partial charge in [0.05, 0.1) is 17.1 Å². The predicted octanol–water partition coefficient (Wildman–Crippen LogP) is 1.92. The average Bonchev–Trinajstić information content (AvgIpc) is 3.22. The first-order valence-electron chi connectivity index (χ1n) is 8.22. The Labute approximate surface area is 156 Å². The number of esters is 1. The van der Waals surface area contributed by atoms with Crippen LogP contribution >= 0.6 is 0 Å². The van der Waals surface area contributed by atoms with Gasteiger partial charge in [-0.2, -0.15) is 5.10 Å². The molecule has 0 radical (unpaired) electrons. The standard InChI is InChI=1S/C18H18N4O4S/c1-2-26-18(23)14-6-8-16(9-7-14)27(24,25)21-13-15-5-3-10-19-17(15)22-12-4-11-20-22/h3-12,21H,2,13H2,1H3. The summed E-state index contributed by atoms with van der Waals surface area (Å²) in [5.41, 5.74) is 0.969. The SMILES string of the molecule is CCOC(=O)c1ccc(S(=O)(=O)NCc2cccnc2-n2cccn2)cc1. The number of hydrogen-bond acceptors (Lipinski definition) is 6. The summed E-state index contributed by atoms with van der Waals surface area (Å²) in [6.45, 7) is 2.01. The smallest absolute Gasteiger partial charge is 0.338 e. The maximum Gasteiger partial charge on any atom is 0.338 e. The van der Waals surface area contributed by atoms with Crippen LogP contribution in [0, 0.1) is 0 Å². The minimum atomic E-state index is -3.76. The van der Waals surface area contributed by atoms with Crippen molar-refractivity contribution in [2.45, 2.75) is 18.4 Å². The van der Waals surface area contributed by atoms with Crippen LogP contribution in [0.25, 0.3) is 5.82 Å². The fraction of sp³-hybridized carbons (Fsp3) is 0.167. The molecule has 0 spiro atoms. The molecule has 0 atom stereocenters. The van der Waals surface area contributed by atoms with Crippen LogP contribution in [-0.4, -0.2) is 35.8 Å². The van der Waals surface area contributed by atoms with Crippen molar-refractivity contribution < 1.29 is 17.9 Å². The Kier molecular flexibility index (Phi) is 5.63. The first-order valence-corrected chi connectivity index (χ1v) is 9.70. The number of sulfonamides is 1. The van der Waals surface area contributed by atoms with Gasteiger partial charge in [0.2, 0.25) is 10.0 Å². The first kappa shape index (κ1) is 18.7. The van der Waals surface area contributed by atoms with Crippen LogP contribution in [0.5, 0.6) is 0 Å². The van der Waals surface area contributed by atoms with Crippen LogP contribution in [0.4, 0.5) is 0 Å². The fourth-order valence-corrected chi connectivity index (χ4v) is 3.42. The maximum atomic E-state index is 12.5. The number of carbonyl (C=O) groups excluding carboxylic acids is 1. The quantitative estimate of drug-likeness (QED) is 0.622. The van der Waals surface area contributed by atoms with Gasteiger partial charge in [0.15, 0.2) is 5.82 Å². The normalized spacial score (nSPS) is 11.3. The molecule has 2 heterocycles. The molecule has 0 aliphatic heterocycles. The van der Waals surface area contributed by atoms with E-state index in [1.807, 2.05) is 0 Å². The molecule has 8 nitrogen and oxygen atoms in total. The fourth-order valence-electron chi connectivity index (χ4n) is 2.41. The second-order valence-electron chi connectivity index (χ2n) is 5.51. The minimum Gasteiger partial charge on any atom is -0.462 e. The maximum absolute atomic E-state index is 12.5. The van der Waals surface area contributed by atoms with Gasteiger partial charge in [-0.3, -0.25) is 0 Å². The number of rotatable bonds is 7. The van der Waals surface area contributed by atoms with Crippen LogP contribution in [0.2, 0.25) is 0 Å². The monoisotopic (exact) mass is 386 g/mol. The largest absolute Gasteiger partial charge is 0.462 e. The van der Waals surface area contributed by atoms with Crippen molar-refractivity contribution in [1.29, 1.82) is 0 Å². The van der Waals surface area contributed by atoms with E-state index in [0.29, 0.717) is 16.9 Å². The highest BCUT2D eigenvalue weighted by Gasteiger charge is 2.16. The van der Waals surface area contributed by atoms with Crippen molar-refractivity contribution in [2.75, 3.05) is 6.61 Å². The summed E-state index contributed by atoms with van der Waals surface area (Å²) < 4.78 is 34.1. The Morgan fingerprint density at radius 2 is 1.93 bits per heavy atom. The summed E-state index contributed by atoms with van der Waals surface area (Å²) >= 11 is 0. The zero-order valence-corrected chi connectivity index (χ0v) is 15.4. The van der Waals surface area contributed by atoms with Gasteiger partial charge in [0.1, 0.15) is 0 Å². The summed E-state index contributed by atoms with van der Waals surface area (Å²) in [5, 5.41) is 4.12. The zero-order valence-electron chi connectivity index (χ0n) is 14.6. The van der Waals surface area contributed by atoms with E-state index in [2.05, 4.69) is 14.8 Å². The topological polar surface area (TPSA) is 103 Å². The van der Waals surface area contributed by atoms with Gasteiger partial charge in [-0.1, -0.05) is 6.07 Å². The molecule has 3 rings (SSSR count). The Morgan fingerprint density at radius 3 is 2.59 bits per heavy atom. The van der Waals surface area contributed by atoms with Gasteiger partial charge in [-0.05, 0) is 43.3 Å². The van der Waals surface area contributed by atoms with E-state index < -0.39 is 16.0 Å². The molecule has 9 heteroatoms. The average molecular weight is 386 g/mol. The van der Waals surface area contributed by atoms with Gasteiger partial charge in [-0.15, -0.1) is 0 Å².